The molecule has 2 fully saturated rings. The van der Waals surface area contributed by atoms with Crippen LogP contribution in [-0.4, -0.2) is 62.7 Å². The van der Waals surface area contributed by atoms with Gasteiger partial charge in [-0.2, -0.15) is 0 Å². The van der Waals surface area contributed by atoms with Crippen LogP contribution in [0, 0.1) is 0 Å². The molecule has 1 unspecified atom stereocenters. The van der Waals surface area contributed by atoms with Gasteiger partial charge in [-0.25, -0.2) is 0 Å². The van der Waals surface area contributed by atoms with Gasteiger partial charge in [0, 0.05) is 57.8 Å². The van der Waals surface area contributed by atoms with Gasteiger partial charge in [0.05, 0.1) is 0 Å². The van der Waals surface area contributed by atoms with Crippen molar-refractivity contribution >= 4 is 11.9 Å². The second-order valence-corrected chi connectivity index (χ2v) is 7.51. The highest BCUT2D eigenvalue weighted by molar-refractivity contribution is 5.80. The fourth-order valence-electron chi connectivity index (χ4n) is 4.09. The van der Waals surface area contributed by atoms with Crippen molar-refractivity contribution in [3.05, 3.63) is 35.9 Å². The molecule has 1 atom stereocenters. The average molecular weight is 373 g/mol. The highest BCUT2D eigenvalue weighted by atomic mass is 16.5. The fraction of sp³-hybridized carbons (Fsp3) is 0.619. The fourth-order valence-corrected chi connectivity index (χ4v) is 4.09. The van der Waals surface area contributed by atoms with Crippen LogP contribution in [0.2, 0.25) is 0 Å². The molecule has 3 rings (SSSR count). The van der Waals surface area contributed by atoms with Gasteiger partial charge in [-0.05, 0) is 24.8 Å². The summed E-state index contributed by atoms with van der Waals surface area (Å²) >= 11 is 0. The third-order valence-corrected chi connectivity index (χ3v) is 5.84. The molecule has 0 aromatic heterocycles. The number of ether oxygens (including phenoxy) is 1. The molecule has 2 heterocycles. The summed E-state index contributed by atoms with van der Waals surface area (Å²) in [7, 11) is 1.80. The Balaban J connectivity index is 1.60. The predicted molar refractivity (Wildman–Crippen MR) is 108 cm³/mol. The molecule has 2 saturated heterocycles. The Morgan fingerprint density at radius 3 is 2.70 bits per heavy atom. The maximum atomic E-state index is 11.9. The smallest absolute Gasteiger partial charge is 0.222 e. The number of hydrogen-bond donors (Lipinski definition) is 2. The van der Waals surface area contributed by atoms with E-state index in [1.165, 1.54) is 5.56 Å². The van der Waals surface area contributed by atoms with Gasteiger partial charge in [0.15, 0.2) is 5.96 Å². The van der Waals surface area contributed by atoms with Crippen molar-refractivity contribution < 1.29 is 9.53 Å². The maximum Gasteiger partial charge on any atom is 0.222 e. The van der Waals surface area contributed by atoms with Gasteiger partial charge in [-0.15, -0.1) is 0 Å². The Labute approximate surface area is 162 Å². The highest BCUT2D eigenvalue weighted by Crippen LogP contribution is 2.34. The number of carbonyl (C=O) groups excluding carboxylic acids is 1. The molecule has 2 aliphatic heterocycles. The molecule has 0 spiro atoms. The van der Waals surface area contributed by atoms with Gasteiger partial charge in [0.25, 0.3) is 0 Å². The Morgan fingerprint density at radius 1 is 1.30 bits per heavy atom. The molecule has 0 bridgehead atoms. The second-order valence-electron chi connectivity index (χ2n) is 7.51. The van der Waals surface area contributed by atoms with Crippen molar-refractivity contribution in [3.8, 4) is 0 Å². The van der Waals surface area contributed by atoms with Crippen LogP contribution in [0.3, 0.4) is 0 Å². The SMILES string of the molecule is CCC(=O)N1CCC(NC(=NC)NCC2(c3ccccc3)CCOCC2)C1. The van der Waals surface area contributed by atoms with Crippen LogP contribution in [0.1, 0.15) is 38.2 Å². The van der Waals surface area contributed by atoms with Gasteiger partial charge in [-0.3, -0.25) is 9.79 Å². The molecule has 0 radical (unpaired) electrons. The van der Waals surface area contributed by atoms with Crippen LogP contribution < -0.4 is 10.6 Å². The molecular formula is C21H32N4O2. The third kappa shape index (κ3) is 4.80. The lowest BCUT2D eigenvalue weighted by molar-refractivity contribution is -0.129. The number of benzene rings is 1. The van der Waals surface area contributed by atoms with Crippen molar-refractivity contribution in [1.29, 1.82) is 0 Å². The van der Waals surface area contributed by atoms with Gasteiger partial charge >= 0.3 is 0 Å². The van der Waals surface area contributed by atoms with Crippen molar-refractivity contribution in [1.82, 2.24) is 15.5 Å². The highest BCUT2D eigenvalue weighted by Gasteiger charge is 2.35. The van der Waals surface area contributed by atoms with Crippen LogP contribution in [0.25, 0.3) is 0 Å². The topological polar surface area (TPSA) is 66.0 Å². The van der Waals surface area contributed by atoms with Crippen LogP contribution in [0.4, 0.5) is 0 Å². The summed E-state index contributed by atoms with van der Waals surface area (Å²) in [5, 5.41) is 7.04. The quantitative estimate of drug-likeness (QED) is 0.612. The summed E-state index contributed by atoms with van der Waals surface area (Å²) < 4.78 is 5.62. The minimum absolute atomic E-state index is 0.0665. The van der Waals surface area contributed by atoms with Gasteiger partial charge in [-0.1, -0.05) is 37.3 Å². The van der Waals surface area contributed by atoms with E-state index >= 15 is 0 Å². The normalized spacial score (nSPS) is 22.5. The second kappa shape index (κ2) is 9.22. The van der Waals surface area contributed by atoms with E-state index in [0.29, 0.717) is 6.42 Å². The Kier molecular flexibility index (Phi) is 6.72. The van der Waals surface area contributed by atoms with Gasteiger partial charge in [0.2, 0.25) is 5.91 Å². The number of nitrogens with zero attached hydrogens (tertiary/aromatic N) is 2. The first-order chi connectivity index (χ1) is 13.2. The number of nitrogens with one attached hydrogen (secondary N) is 2. The van der Waals surface area contributed by atoms with Crippen molar-refractivity contribution in [2.45, 2.75) is 44.1 Å². The van der Waals surface area contributed by atoms with Gasteiger partial charge < -0.3 is 20.3 Å². The number of guanidine groups is 1. The van der Waals surface area contributed by atoms with E-state index in [0.717, 1.165) is 58.1 Å². The minimum atomic E-state index is 0.0665. The largest absolute Gasteiger partial charge is 0.381 e. The molecular weight excluding hydrogens is 340 g/mol. The van der Waals surface area contributed by atoms with E-state index in [2.05, 4.69) is 46.0 Å². The maximum absolute atomic E-state index is 11.9. The summed E-state index contributed by atoms with van der Waals surface area (Å²) in [6.07, 6.45) is 3.54. The molecule has 0 aliphatic carbocycles. The molecule has 2 N–H and O–H groups in total. The van der Waals surface area contributed by atoms with Crippen molar-refractivity contribution in [3.63, 3.8) is 0 Å². The van der Waals surface area contributed by atoms with E-state index in [9.17, 15) is 4.79 Å². The van der Waals surface area contributed by atoms with Crippen molar-refractivity contribution in [2.24, 2.45) is 4.99 Å². The zero-order valence-electron chi connectivity index (χ0n) is 16.5. The lowest BCUT2D eigenvalue weighted by atomic mass is 9.74. The zero-order valence-corrected chi connectivity index (χ0v) is 16.5. The lowest BCUT2D eigenvalue weighted by Crippen LogP contribution is -2.50. The Bertz CT molecular complexity index is 641. The number of hydrogen-bond acceptors (Lipinski definition) is 3. The molecule has 6 heteroatoms. The summed E-state index contributed by atoms with van der Waals surface area (Å²) in [5.74, 6) is 1.04. The molecule has 6 nitrogen and oxygen atoms in total. The molecule has 0 saturated carbocycles. The van der Waals surface area contributed by atoms with E-state index in [4.69, 9.17) is 4.74 Å². The van der Waals surface area contributed by atoms with E-state index < -0.39 is 0 Å². The number of aliphatic imine (C=N–C) groups is 1. The van der Waals surface area contributed by atoms with E-state index in [-0.39, 0.29) is 17.4 Å². The van der Waals surface area contributed by atoms with Crippen molar-refractivity contribution in [2.75, 3.05) is 39.9 Å². The number of amides is 1. The first-order valence-corrected chi connectivity index (χ1v) is 10.0. The first-order valence-electron chi connectivity index (χ1n) is 10.0. The number of likely N-dealkylation sites (tertiary alicyclic amines) is 1. The van der Waals surface area contributed by atoms with Crippen LogP contribution in [0.5, 0.6) is 0 Å². The molecule has 1 amide bonds. The summed E-state index contributed by atoms with van der Waals surface area (Å²) in [6, 6.07) is 11.0. The molecule has 1 aromatic rings. The van der Waals surface area contributed by atoms with E-state index in [1.807, 2.05) is 11.8 Å². The minimum Gasteiger partial charge on any atom is -0.381 e. The molecule has 27 heavy (non-hydrogen) atoms. The monoisotopic (exact) mass is 372 g/mol. The van der Waals surface area contributed by atoms with Crippen LogP contribution in [-0.2, 0) is 14.9 Å². The molecule has 148 valence electrons. The molecule has 1 aromatic carbocycles. The van der Waals surface area contributed by atoms with Crippen LogP contribution in [0.15, 0.2) is 35.3 Å². The average Bonchev–Trinajstić information content (AvgIpc) is 3.20. The van der Waals surface area contributed by atoms with E-state index in [1.54, 1.807) is 7.05 Å². The first kappa shape index (κ1) is 19.7. The zero-order chi connectivity index (χ0) is 19.1. The summed E-state index contributed by atoms with van der Waals surface area (Å²) in [4.78, 5) is 18.2. The van der Waals surface area contributed by atoms with Crippen LogP contribution >= 0.6 is 0 Å². The molecule has 2 aliphatic rings. The predicted octanol–water partition coefficient (Wildman–Crippen LogP) is 1.91. The summed E-state index contributed by atoms with van der Waals surface area (Å²) in [6.45, 7) is 5.90. The number of rotatable bonds is 5. The Morgan fingerprint density at radius 2 is 2.04 bits per heavy atom. The van der Waals surface area contributed by atoms with Gasteiger partial charge in [0.1, 0.15) is 0 Å². The Hall–Kier alpha value is -2.08. The summed E-state index contributed by atoms with van der Waals surface area (Å²) in [5.41, 5.74) is 1.42. The third-order valence-electron chi connectivity index (χ3n) is 5.84. The lowest BCUT2D eigenvalue weighted by Gasteiger charge is -2.38. The number of carbonyl (C=O) groups is 1. The standard InChI is InChI=1S/C21H32N4O2/c1-3-19(26)25-12-9-18(15-25)24-20(22-2)23-16-21(10-13-27-14-11-21)17-7-5-4-6-8-17/h4-8,18H,3,9-16H2,1-2H3,(H2,22,23,24).